The van der Waals surface area contributed by atoms with Crippen LogP contribution in [0.4, 0.5) is 0 Å². The van der Waals surface area contributed by atoms with Crippen molar-refractivity contribution in [3.8, 4) is 35.1 Å². The summed E-state index contributed by atoms with van der Waals surface area (Å²) in [6.45, 7) is 0. The molecule has 0 aliphatic heterocycles. The molecule has 0 atom stereocenters. The second-order valence-corrected chi connectivity index (χ2v) is 3.92. The highest BCUT2D eigenvalue weighted by molar-refractivity contribution is 5.96. The zero-order chi connectivity index (χ0) is 15.2. The lowest BCUT2D eigenvalue weighted by molar-refractivity contribution is 0.0697. The van der Waals surface area contributed by atoms with Crippen LogP contribution < -0.4 is 9.47 Å². The molecule has 6 nitrogen and oxygen atoms in total. The van der Waals surface area contributed by atoms with E-state index in [9.17, 15) is 9.90 Å². The Morgan fingerprint density at radius 3 is 2.10 bits per heavy atom. The molecule has 0 spiro atoms. The van der Waals surface area contributed by atoms with E-state index in [0.717, 1.165) is 0 Å². The van der Waals surface area contributed by atoms with Gasteiger partial charge < -0.3 is 14.6 Å². The van der Waals surface area contributed by atoms with Crippen molar-refractivity contribution in [1.82, 2.24) is 0 Å². The number of benzene rings is 2. The molecule has 1 N–H and O–H groups in total. The minimum absolute atomic E-state index is 0.0780. The average molecular weight is 280 g/mol. The molecular weight excluding hydrogens is 272 g/mol. The molecule has 0 radical (unpaired) electrons. The zero-order valence-electron chi connectivity index (χ0n) is 10.6. The first-order valence-electron chi connectivity index (χ1n) is 5.75. The molecule has 0 aromatic heterocycles. The van der Waals surface area contributed by atoms with Gasteiger partial charge in [-0.3, -0.25) is 0 Å². The van der Waals surface area contributed by atoms with Crippen LogP contribution in [0.5, 0.6) is 11.5 Å². The Kier molecular flexibility index (Phi) is 4.03. The highest BCUT2D eigenvalue weighted by Crippen LogP contribution is 2.29. The number of carbonyl (C=O) groups is 1. The number of hydrogen-bond acceptors (Lipinski definition) is 5. The highest BCUT2D eigenvalue weighted by atomic mass is 16.5. The molecule has 2 aromatic rings. The van der Waals surface area contributed by atoms with Crippen molar-refractivity contribution in [3.05, 3.63) is 48.0 Å². The maximum Gasteiger partial charge on any atom is 0.336 e. The fourth-order valence-corrected chi connectivity index (χ4v) is 1.82. The van der Waals surface area contributed by atoms with Crippen LogP contribution in [0.2, 0.25) is 0 Å². The molecule has 0 saturated carbocycles. The van der Waals surface area contributed by atoms with Crippen molar-refractivity contribution >= 4 is 5.97 Å². The predicted molar refractivity (Wildman–Crippen MR) is 71.3 cm³/mol. The van der Waals surface area contributed by atoms with Gasteiger partial charge in [-0.25, -0.2) is 4.79 Å². The van der Waals surface area contributed by atoms with E-state index in [1.54, 1.807) is 30.5 Å². The Morgan fingerprint density at radius 1 is 0.952 bits per heavy atom. The molecule has 21 heavy (non-hydrogen) atoms. The first-order chi connectivity index (χ1) is 10.2. The standard InChI is InChI=1S/C15H8N2O4/c16-8-20-11-3-1-10(2-4-11)14-7-12(21-9-17)5-6-13(14)15(18)19/h1-7H,(H,18,19). The Labute approximate surface area is 120 Å². The highest BCUT2D eigenvalue weighted by Gasteiger charge is 2.13. The van der Waals surface area contributed by atoms with Crippen LogP contribution in [0.25, 0.3) is 11.1 Å². The van der Waals surface area contributed by atoms with Crippen molar-refractivity contribution in [2.45, 2.75) is 0 Å². The minimum Gasteiger partial charge on any atom is -0.478 e. The van der Waals surface area contributed by atoms with E-state index >= 15 is 0 Å². The number of rotatable bonds is 4. The van der Waals surface area contributed by atoms with Gasteiger partial charge in [0.05, 0.1) is 5.56 Å². The topological polar surface area (TPSA) is 103 Å². The lowest BCUT2D eigenvalue weighted by atomic mass is 9.99. The zero-order valence-corrected chi connectivity index (χ0v) is 10.6. The van der Waals surface area contributed by atoms with Gasteiger partial charge in [0, 0.05) is 0 Å². The Hall–Kier alpha value is -3.51. The van der Waals surface area contributed by atoms with Gasteiger partial charge in [-0.2, -0.15) is 0 Å². The number of nitrogens with zero attached hydrogens (tertiary/aromatic N) is 2. The second-order valence-electron chi connectivity index (χ2n) is 3.92. The summed E-state index contributed by atoms with van der Waals surface area (Å²) in [5.41, 5.74) is 1.08. The number of carboxylic acids is 1. The molecule has 0 unspecified atom stereocenters. The van der Waals surface area contributed by atoms with Crippen molar-refractivity contribution in [2.24, 2.45) is 0 Å². The summed E-state index contributed by atoms with van der Waals surface area (Å²) >= 11 is 0. The Balaban J connectivity index is 2.49. The molecule has 0 aliphatic carbocycles. The van der Waals surface area contributed by atoms with Gasteiger partial charge in [0.25, 0.3) is 12.5 Å². The summed E-state index contributed by atoms with van der Waals surface area (Å²) in [4.78, 5) is 11.3. The number of hydrogen-bond donors (Lipinski definition) is 1. The maximum atomic E-state index is 11.3. The molecule has 0 bridgehead atoms. The fraction of sp³-hybridized carbons (Fsp3) is 0. The van der Waals surface area contributed by atoms with Crippen LogP contribution in [0, 0.1) is 23.0 Å². The van der Waals surface area contributed by atoms with Gasteiger partial charge >= 0.3 is 5.97 Å². The van der Waals surface area contributed by atoms with Crippen molar-refractivity contribution < 1.29 is 19.4 Å². The lowest BCUT2D eigenvalue weighted by Gasteiger charge is -2.08. The number of carboxylic acid groups (broad SMARTS) is 1. The van der Waals surface area contributed by atoms with Crippen molar-refractivity contribution in [2.75, 3.05) is 0 Å². The van der Waals surface area contributed by atoms with E-state index < -0.39 is 5.97 Å². The van der Waals surface area contributed by atoms with Crippen molar-refractivity contribution in [3.63, 3.8) is 0 Å². The molecule has 0 heterocycles. The second kappa shape index (κ2) is 6.09. The number of aromatic carboxylic acids is 1. The van der Waals surface area contributed by atoms with E-state index in [1.807, 2.05) is 0 Å². The van der Waals surface area contributed by atoms with Gasteiger partial charge in [0.15, 0.2) is 0 Å². The maximum absolute atomic E-state index is 11.3. The van der Waals surface area contributed by atoms with Gasteiger partial charge in [0.1, 0.15) is 11.5 Å². The van der Waals surface area contributed by atoms with Crippen LogP contribution in [0.3, 0.4) is 0 Å². The molecule has 2 aromatic carbocycles. The SMILES string of the molecule is N#COc1ccc(-c2cc(OC#N)ccc2C(=O)O)cc1. The summed E-state index contributed by atoms with van der Waals surface area (Å²) < 4.78 is 9.37. The third-order valence-electron chi connectivity index (χ3n) is 2.71. The molecule has 0 amide bonds. The van der Waals surface area contributed by atoms with Crippen LogP contribution in [-0.2, 0) is 0 Å². The molecule has 102 valence electrons. The van der Waals surface area contributed by atoms with Crippen molar-refractivity contribution in [1.29, 1.82) is 10.5 Å². The summed E-state index contributed by atoms with van der Waals surface area (Å²) in [5.74, 6) is -0.497. The predicted octanol–water partition coefficient (Wildman–Crippen LogP) is 2.77. The minimum atomic E-state index is -1.09. The van der Waals surface area contributed by atoms with Gasteiger partial charge in [-0.05, 0) is 41.5 Å². The normalized spacial score (nSPS) is 9.24. The van der Waals surface area contributed by atoms with Gasteiger partial charge in [-0.15, -0.1) is 10.5 Å². The third kappa shape index (κ3) is 3.09. The molecule has 0 aliphatic rings. The summed E-state index contributed by atoms with van der Waals surface area (Å²) in [5, 5.41) is 26.2. The molecule has 0 fully saturated rings. The summed E-state index contributed by atoms with van der Waals surface area (Å²) in [7, 11) is 0. The van der Waals surface area contributed by atoms with E-state index in [1.165, 1.54) is 24.5 Å². The average Bonchev–Trinajstić information content (AvgIpc) is 2.48. The first kappa shape index (κ1) is 13.9. The fourth-order valence-electron chi connectivity index (χ4n) is 1.82. The molecule has 2 rings (SSSR count). The Morgan fingerprint density at radius 2 is 1.52 bits per heavy atom. The van der Waals surface area contributed by atoms with E-state index in [-0.39, 0.29) is 11.3 Å². The summed E-state index contributed by atoms with van der Waals surface area (Å²) in [6.07, 6.45) is 3.08. The molecular formula is C15H8N2O4. The van der Waals surface area contributed by atoms with Crippen LogP contribution >= 0.6 is 0 Å². The van der Waals surface area contributed by atoms with Crippen LogP contribution in [-0.4, -0.2) is 11.1 Å². The summed E-state index contributed by atoms with van der Waals surface area (Å²) in [6, 6.07) is 10.6. The van der Waals surface area contributed by atoms with Gasteiger partial charge in [-0.1, -0.05) is 12.1 Å². The smallest absolute Gasteiger partial charge is 0.336 e. The molecule has 6 heteroatoms. The van der Waals surface area contributed by atoms with E-state index in [2.05, 4.69) is 4.74 Å². The number of ether oxygens (including phenoxy) is 2. The Bertz CT molecular complexity index is 755. The lowest BCUT2D eigenvalue weighted by Crippen LogP contribution is -2.00. The van der Waals surface area contributed by atoms with E-state index in [0.29, 0.717) is 16.9 Å². The molecule has 0 saturated heterocycles. The largest absolute Gasteiger partial charge is 0.478 e. The van der Waals surface area contributed by atoms with Crippen LogP contribution in [0.1, 0.15) is 10.4 Å². The quantitative estimate of drug-likeness (QED) is 0.863. The van der Waals surface area contributed by atoms with Gasteiger partial charge in [0.2, 0.25) is 0 Å². The third-order valence-corrected chi connectivity index (χ3v) is 2.71. The number of nitriles is 2. The van der Waals surface area contributed by atoms with Crippen LogP contribution in [0.15, 0.2) is 42.5 Å². The first-order valence-corrected chi connectivity index (χ1v) is 5.75. The van der Waals surface area contributed by atoms with E-state index in [4.69, 9.17) is 15.3 Å². The monoisotopic (exact) mass is 280 g/mol.